The van der Waals surface area contributed by atoms with Gasteiger partial charge >= 0.3 is 12.1 Å². The van der Waals surface area contributed by atoms with Crippen molar-refractivity contribution < 1.29 is 41.9 Å². The van der Waals surface area contributed by atoms with E-state index in [1.807, 2.05) is 6.07 Å². The third kappa shape index (κ3) is 16.7. The van der Waals surface area contributed by atoms with E-state index in [0.29, 0.717) is 45.2 Å². The van der Waals surface area contributed by atoms with Crippen LogP contribution < -0.4 is 0 Å². The average molecular weight is 794 g/mol. The fraction of sp³-hybridized carbons (Fsp3) is 0.0606. The van der Waals surface area contributed by atoms with Gasteiger partial charge in [0.1, 0.15) is 10.6 Å². The molecular formula is C33H21Cl5F3NO6S. The van der Waals surface area contributed by atoms with Gasteiger partial charge in [0.15, 0.2) is 0 Å². The van der Waals surface area contributed by atoms with Crippen LogP contribution in [0.25, 0.3) is 0 Å². The van der Waals surface area contributed by atoms with Gasteiger partial charge in [0, 0.05) is 27.8 Å². The Bertz CT molecular complexity index is 1780. The van der Waals surface area contributed by atoms with E-state index in [1.54, 1.807) is 24.3 Å². The summed E-state index contributed by atoms with van der Waals surface area (Å²) in [5, 5.41) is 6.84. The van der Waals surface area contributed by atoms with Gasteiger partial charge in [-0.1, -0.05) is 48.1 Å². The lowest BCUT2D eigenvalue weighted by atomic mass is 10.1. The first-order chi connectivity index (χ1) is 22.5. The van der Waals surface area contributed by atoms with E-state index in [0.717, 1.165) is 12.1 Å². The van der Waals surface area contributed by atoms with Crippen LogP contribution in [0.5, 0.6) is 0 Å². The van der Waals surface area contributed by atoms with Crippen molar-refractivity contribution in [2.24, 2.45) is 0 Å². The van der Waals surface area contributed by atoms with Gasteiger partial charge in [-0.2, -0.15) is 18.4 Å². The maximum Gasteiger partial charge on any atom is 0.416 e. The van der Waals surface area contributed by atoms with E-state index >= 15 is 0 Å². The van der Waals surface area contributed by atoms with E-state index in [4.69, 9.17) is 51.7 Å². The highest BCUT2D eigenvalue weighted by molar-refractivity contribution is 7.83. The SMILES string of the molecule is COC(=O)c1ccc(C(=O)Cl)cc1.Cl.FC(F)(F)c1ccc(C(=S)Cl)cc1.N#Cc1ccc(C(=O)Cl)cc1.O=Cc1ccc(C(=O)Cl)cc1. The topological polar surface area (TPSA) is 118 Å². The normalized spacial score (nSPS) is 9.53. The van der Waals surface area contributed by atoms with E-state index in [1.165, 1.54) is 67.8 Å². The lowest BCUT2D eigenvalue weighted by Gasteiger charge is -2.06. The summed E-state index contributed by atoms with van der Waals surface area (Å²) in [5.41, 5.74) is 2.33. The van der Waals surface area contributed by atoms with Crippen molar-refractivity contribution >= 4 is 103 Å². The Labute approximate surface area is 309 Å². The summed E-state index contributed by atoms with van der Waals surface area (Å²) >= 11 is 25.6. The van der Waals surface area contributed by atoms with Crippen molar-refractivity contribution in [2.75, 3.05) is 7.11 Å². The van der Waals surface area contributed by atoms with Crippen LogP contribution in [0, 0.1) is 11.3 Å². The van der Waals surface area contributed by atoms with E-state index in [2.05, 4.69) is 17.0 Å². The van der Waals surface area contributed by atoms with Crippen molar-refractivity contribution in [2.45, 2.75) is 6.18 Å². The molecule has 0 amide bonds. The molecule has 0 atom stereocenters. The van der Waals surface area contributed by atoms with E-state index in [9.17, 15) is 37.1 Å². The molecule has 0 heterocycles. The van der Waals surface area contributed by atoms with Crippen molar-refractivity contribution in [3.05, 3.63) is 142 Å². The first-order valence-electron chi connectivity index (χ1n) is 12.7. The van der Waals surface area contributed by atoms with Crippen molar-refractivity contribution in [3.63, 3.8) is 0 Å². The molecule has 0 saturated heterocycles. The van der Waals surface area contributed by atoms with Crippen LogP contribution >= 0.6 is 71.0 Å². The Morgan fingerprint density at radius 1 is 0.673 bits per heavy atom. The highest BCUT2D eigenvalue weighted by Crippen LogP contribution is 2.29. The lowest BCUT2D eigenvalue weighted by molar-refractivity contribution is -0.137. The van der Waals surface area contributed by atoms with Crippen LogP contribution in [0.1, 0.15) is 68.5 Å². The zero-order chi connectivity index (χ0) is 36.4. The highest BCUT2D eigenvalue weighted by Gasteiger charge is 2.30. The predicted molar refractivity (Wildman–Crippen MR) is 188 cm³/mol. The molecule has 0 unspecified atom stereocenters. The third-order valence-corrected chi connectivity index (χ3v) is 6.60. The second-order valence-electron chi connectivity index (χ2n) is 8.67. The number of hydrogen-bond acceptors (Lipinski definition) is 8. The third-order valence-electron chi connectivity index (χ3n) is 5.49. The van der Waals surface area contributed by atoms with Gasteiger partial charge < -0.3 is 4.74 Å². The molecule has 0 radical (unpaired) electrons. The van der Waals surface area contributed by atoms with Crippen LogP contribution in [0.3, 0.4) is 0 Å². The minimum absolute atomic E-state index is 0. The average Bonchev–Trinajstić information content (AvgIpc) is 3.08. The predicted octanol–water partition coefficient (Wildman–Crippen LogP) is 9.71. The molecule has 7 nitrogen and oxygen atoms in total. The maximum absolute atomic E-state index is 12.1. The largest absolute Gasteiger partial charge is 0.465 e. The number of aldehydes is 1. The van der Waals surface area contributed by atoms with Gasteiger partial charge in [0.2, 0.25) is 0 Å². The Morgan fingerprint density at radius 3 is 1.33 bits per heavy atom. The number of ether oxygens (including phenoxy) is 1. The van der Waals surface area contributed by atoms with Gasteiger partial charge in [-0.25, -0.2) is 4.79 Å². The van der Waals surface area contributed by atoms with Crippen LogP contribution in [-0.4, -0.2) is 39.4 Å². The molecule has 0 fully saturated rings. The number of benzene rings is 4. The minimum atomic E-state index is -4.31. The summed E-state index contributed by atoms with van der Waals surface area (Å²) in [6.07, 6.45) is -3.60. The minimum Gasteiger partial charge on any atom is -0.465 e. The van der Waals surface area contributed by atoms with Crippen LogP contribution in [-0.2, 0) is 10.9 Å². The zero-order valence-corrected chi connectivity index (χ0v) is 29.3. The van der Waals surface area contributed by atoms with Gasteiger partial charge in [0.05, 0.1) is 29.9 Å². The second kappa shape index (κ2) is 22.5. The fourth-order valence-corrected chi connectivity index (χ4v) is 3.65. The second-order valence-corrected chi connectivity index (χ2v) is 10.7. The summed E-state index contributed by atoms with van der Waals surface area (Å²) < 4.78 is 40.7. The number of halogens is 8. The van der Waals surface area contributed by atoms with Crippen molar-refractivity contribution in [1.82, 2.24) is 0 Å². The number of nitriles is 1. The monoisotopic (exact) mass is 791 g/mol. The van der Waals surface area contributed by atoms with Gasteiger partial charge in [0.25, 0.3) is 15.7 Å². The van der Waals surface area contributed by atoms with Crippen LogP contribution in [0.2, 0.25) is 0 Å². The van der Waals surface area contributed by atoms with Gasteiger partial charge in [-0.05, 0) is 108 Å². The summed E-state index contributed by atoms with van der Waals surface area (Å²) in [6.45, 7) is 0. The standard InChI is InChI=1S/C9H7ClO3.C8H4ClF3S.C8H4ClNO.C8H5ClO2.ClH/c1-13-9(12)7-4-2-6(3-5-7)8(10)11;9-7(13)5-1-3-6(4-2-5)8(10,11)12;2*9-8(11)7-3-1-6(5-10)2-4-7;/h2-5H,1H3;1-4H;1-4H;1-5H;1H. The summed E-state index contributed by atoms with van der Waals surface area (Å²) in [7, 11) is 1.29. The number of hydrogen-bond donors (Lipinski definition) is 0. The Hall–Kier alpha value is -4.15. The number of alkyl halides is 3. The number of esters is 1. The molecule has 4 rings (SSSR count). The molecule has 0 spiro atoms. The molecule has 0 aliphatic carbocycles. The molecule has 0 saturated carbocycles. The first kappa shape index (κ1) is 44.9. The Morgan fingerprint density at radius 2 is 1.02 bits per heavy atom. The lowest BCUT2D eigenvalue weighted by Crippen LogP contribution is -2.04. The number of carbonyl (C=O) groups excluding carboxylic acids is 5. The number of nitrogens with zero attached hydrogens (tertiary/aromatic N) is 1. The molecule has 49 heavy (non-hydrogen) atoms. The maximum atomic E-state index is 12.1. The van der Waals surface area contributed by atoms with Crippen LogP contribution in [0.4, 0.5) is 13.2 Å². The summed E-state index contributed by atoms with van der Waals surface area (Å²) in [4.78, 5) is 52.8. The Kier molecular flexibility index (Phi) is 20.6. The number of thiocarbonyl (C=S) groups is 1. The quantitative estimate of drug-likeness (QED) is 0.0820. The molecule has 4 aromatic rings. The molecule has 0 aliphatic heterocycles. The zero-order valence-electron chi connectivity index (χ0n) is 24.7. The smallest absolute Gasteiger partial charge is 0.416 e. The molecule has 0 aromatic heterocycles. The number of methoxy groups -OCH3 is 1. The molecule has 0 aliphatic rings. The number of rotatable bonds is 6. The molecule has 4 aromatic carbocycles. The summed E-state index contributed by atoms with van der Waals surface area (Å²) in [6, 6.07) is 24.5. The number of carbonyl (C=O) groups is 5. The fourth-order valence-electron chi connectivity index (χ4n) is 3.01. The molecule has 0 bridgehead atoms. The van der Waals surface area contributed by atoms with E-state index in [-0.39, 0.29) is 16.7 Å². The Balaban J connectivity index is 0.000000625. The van der Waals surface area contributed by atoms with Gasteiger partial charge in [-0.3, -0.25) is 19.2 Å². The molecule has 0 N–H and O–H groups in total. The molecular weight excluding hydrogens is 773 g/mol. The van der Waals surface area contributed by atoms with Crippen molar-refractivity contribution in [3.8, 4) is 6.07 Å². The first-order valence-corrected chi connectivity index (χ1v) is 14.7. The van der Waals surface area contributed by atoms with Crippen molar-refractivity contribution in [1.29, 1.82) is 5.26 Å². The highest BCUT2D eigenvalue weighted by atomic mass is 35.5. The molecule has 16 heteroatoms. The van der Waals surface area contributed by atoms with Gasteiger partial charge in [-0.15, -0.1) is 12.4 Å². The van der Waals surface area contributed by atoms with Crippen LogP contribution in [0.15, 0.2) is 97.1 Å². The van der Waals surface area contributed by atoms with E-state index < -0.39 is 33.4 Å². The summed E-state index contributed by atoms with van der Waals surface area (Å²) in [5.74, 6) is -0.437. The molecule has 256 valence electrons.